The molecule has 0 aliphatic carbocycles. The van der Waals surface area contributed by atoms with Crippen LogP contribution in [0.1, 0.15) is 44.2 Å². The van der Waals surface area contributed by atoms with Crippen LogP contribution in [0.15, 0.2) is 34.2 Å². The molecule has 1 aliphatic rings. The topological polar surface area (TPSA) is 58.7 Å². The molecule has 4 nitrogen and oxygen atoms in total. The van der Waals surface area contributed by atoms with Crippen LogP contribution in [0.5, 0.6) is 0 Å². The monoisotopic (exact) mass is 307 g/mol. The predicted octanol–water partition coefficient (Wildman–Crippen LogP) is 2.68. The fourth-order valence-electron chi connectivity index (χ4n) is 2.59. The predicted molar refractivity (Wildman–Crippen MR) is 88.9 cm³/mol. The number of hydrogen-bond donors (Lipinski definition) is 1. The first-order chi connectivity index (χ1) is 10.1. The number of benzene rings is 1. The molecule has 1 aromatic carbocycles. The molecule has 1 aliphatic heterocycles. The number of nitrogens with two attached hydrogens (primary N) is 1. The summed E-state index contributed by atoms with van der Waals surface area (Å²) >= 11 is 0. The van der Waals surface area contributed by atoms with E-state index in [1.54, 1.807) is 6.26 Å². The van der Waals surface area contributed by atoms with Crippen LogP contribution in [0.4, 0.5) is 0 Å². The smallest absolute Gasteiger partial charge is 0.191 e. The number of nitrogens with zero attached hydrogens (tertiary/aromatic N) is 2. The Balaban J connectivity index is 2.05. The van der Waals surface area contributed by atoms with Crippen LogP contribution in [0.3, 0.4) is 0 Å². The number of likely N-dealkylation sites (tertiary alicyclic amines) is 1. The highest BCUT2D eigenvalue weighted by Crippen LogP contribution is 2.19. The molecule has 21 heavy (non-hydrogen) atoms. The summed E-state index contributed by atoms with van der Waals surface area (Å²) in [4.78, 5) is 7.67. The molecule has 2 atom stereocenters. The average Bonchev–Trinajstić information content (AvgIpc) is 2.76. The highest BCUT2D eigenvalue weighted by Gasteiger charge is 2.13. The standard InChI is InChI=1S/C16H25N3OS/c1-13(14-7-9-15(10-8-14)21(2)20)18-16(17)19-11-5-3-4-6-12-19/h7-10,13H,3-6,11-12H2,1-2H3,(H2,17,18). The van der Waals surface area contributed by atoms with E-state index in [1.165, 1.54) is 25.7 Å². The molecule has 2 rings (SSSR count). The molecule has 1 saturated heterocycles. The summed E-state index contributed by atoms with van der Waals surface area (Å²) in [5.41, 5.74) is 7.26. The van der Waals surface area contributed by atoms with Crippen molar-refractivity contribution in [1.29, 1.82) is 0 Å². The summed E-state index contributed by atoms with van der Waals surface area (Å²) in [6.07, 6.45) is 6.65. The van der Waals surface area contributed by atoms with Gasteiger partial charge in [0, 0.05) is 35.0 Å². The van der Waals surface area contributed by atoms with Gasteiger partial charge < -0.3 is 10.6 Å². The Morgan fingerprint density at radius 1 is 1.19 bits per heavy atom. The fraction of sp³-hybridized carbons (Fsp3) is 0.562. The van der Waals surface area contributed by atoms with Gasteiger partial charge in [-0.15, -0.1) is 0 Å². The van der Waals surface area contributed by atoms with Gasteiger partial charge in [-0.1, -0.05) is 25.0 Å². The van der Waals surface area contributed by atoms with Crippen molar-refractivity contribution in [3.05, 3.63) is 29.8 Å². The number of aliphatic imine (C=N–C) groups is 1. The van der Waals surface area contributed by atoms with Crippen molar-refractivity contribution in [1.82, 2.24) is 4.90 Å². The van der Waals surface area contributed by atoms with Crippen LogP contribution in [0.25, 0.3) is 0 Å². The molecule has 2 unspecified atom stereocenters. The molecule has 0 spiro atoms. The molecule has 0 amide bonds. The largest absolute Gasteiger partial charge is 0.370 e. The second kappa shape index (κ2) is 7.59. The number of rotatable bonds is 3. The van der Waals surface area contributed by atoms with Crippen molar-refractivity contribution < 1.29 is 4.21 Å². The van der Waals surface area contributed by atoms with E-state index >= 15 is 0 Å². The first-order valence-corrected chi connectivity index (χ1v) is 9.15. The molecular weight excluding hydrogens is 282 g/mol. The van der Waals surface area contributed by atoms with Gasteiger partial charge >= 0.3 is 0 Å². The minimum atomic E-state index is -0.936. The molecule has 116 valence electrons. The maximum absolute atomic E-state index is 11.4. The lowest BCUT2D eigenvalue weighted by Crippen LogP contribution is -2.38. The van der Waals surface area contributed by atoms with Crippen molar-refractivity contribution >= 4 is 16.8 Å². The van der Waals surface area contributed by atoms with Crippen LogP contribution in [0.2, 0.25) is 0 Å². The second-order valence-corrected chi connectivity index (χ2v) is 6.97. The van der Waals surface area contributed by atoms with Gasteiger partial charge in [0.2, 0.25) is 0 Å². The zero-order chi connectivity index (χ0) is 15.2. The maximum atomic E-state index is 11.4. The minimum Gasteiger partial charge on any atom is -0.370 e. The molecule has 5 heteroatoms. The van der Waals surface area contributed by atoms with E-state index in [9.17, 15) is 4.21 Å². The van der Waals surface area contributed by atoms with Gasteiger partial charge in [-0.25, -0.2) is 4.99 Å². The van der Waals surface area contributed by atoms with Crippen LogP contribution in [-0.4, -0.2) is 34.4 Å². The summed E-state index contributed by atoms with van der Waals surface area (Å²) in [6, 6.07) is 7.80. The normalized spacial score (nSPS) is 19.9. The lowest BCUT2D eigenvalue weighted by molar-refractivity contribution is 0.426. The Kier molecular flexibility index (Phi) is 5.79. The van der Waals surface area contributed by atoms with E-state index in [-0.39, 0.29) is 6.04 Å². The van der Waals surface area contributed by atoms with Gasteiger partial charge in [0.15, 0.2) is 5.96 Å². The summed E-state index contributed by atoms with van der Waals surface area (Å²) in [7, 11) is -0.936. The Bertz CT molecular complexity index is 505. The Morgan fingerprint density at radius 2 is 1.76 bits per heavy atom. The van der Waals surface area contributed by atoms with Crippen molar-refractivity contribution in [3.63, 3.8) is 0 Å². The molecule has 0 aromatic heterocycles. The second-order valence-electron chi connectivity index (χ2n) is 5.59. The van der Waals surface area contributed by atoms with E-state index in [0.29, 0.717) is 5.96 Å². The lowest BCUT2D eigenvalue weighted by Gasteiger charge is -2.22. The third-order valence-corrected chi connectivity index (χ3v) is 4.89. The van der Waals surface area contributed by atoms with Crippen LogP contribution >= 0.6 is 0 Å². The summed E-state index contributed by atoms with van der Waals surface area (Å²) in [5, 5.41) is 0. The van der Waals surface area contributed by atoms with Gasteiger partial charge in [-0.05, 0) is 37.5 Å². The maximum Gasteiger partial charge on any atom is 0.191 e. The molecule has 2 N–H and O–H groups in total. The van der Waals surface area contributed by atoms with E-state index in [0.717, 1.165) is 23.5 Å². The first-order valence-electron chi connectivity index (χ1n) is 7.59. The van der Waals surface area contributed by atoms with Crippen molar-refractivity contribution in [2.24, 2.45) is 10.7 Å². The Morgan fingerprint density at radius 3 is 2.29 bits per heavy atom. The SMILES string of the molecule is CC(N=C(N)N1CCCCCC1)c1ccc(S(C)=O)cc1. The van der Waals surface area contributed by atoms with Crippen LogP contribution < -0.4 is 5.73 Å². The molecule has 0 saturated carbocycles. The minimum absolute atomic E-state index is 0.0209. The Labute approximate surface area is 129 Å². The van der Waals surface area contributed by atoms with Gasteiger partial charge in [0.25, 0.3) is 0 Å². The summed E-state index contributed by atoms with van der Waals surface area (Å²) < 4.78 is 11.4. The van der Waals surface area contributed by atoms with E-state index in [2.05, 4.69) is 9.89 Å². The van der Waals surface area contributed by atoms with E-state index < -0.39 is 10.8 Å². The third-order valence-electron chi connectivity index (χ3n) is 3.95. The zero-order valence-electron chi connectivity index (χ0n) is 12.9. The van der Waals surface area contributed by atoms with Gasteiger partial charge in [-0.3, -0.25) is 4.21 Å². The zero-order valence-corrected chi connectivity index (χ0v) is 13.7. The van der Waals surface area contributed by atoms with Gasteiger partial charge in [-0.2, -0.15) is 0 Å². The van der Waals surface area contributed by atoms with E-state index in [4.69, 9.17) is 5.73 Å². The number of hydrogen-bond acceptors (Lipinski definition) is 2. The van der Waals surface area contributed by atoms with E-state index in [1.807, 2.05) is 31.2 Å². The lowest BCUT2D eigenvalue weighted by atomic mass is 10.1. The van der Waals surface area contributed by atoms with Crippen LogP contribution in [-0.2, 0) is 10.8 Å². The average molecular weight is 307 g/mol. The third kappa shape index (κ3) is 4.56. The molecule has 1 aromatic rings. The summed E-state index contributed by atoms with van der Waals surface area (Å²) in [6.45, 7) is 4.06. The highest BCUT2D eigenvalue weighted by atomic mass is 32.2. The Hall–Kier alpha value is -1.36. The highest BCUT2D eigenvalue weighted by molar-refractivity contribution is 7.84. The van der Waals surface area contributed by atoms with Crippen molar-refractivity contribution in [2.45, 2.75) is 43.5 Å². The van der Waals surface area contributed by atoms with Gasteiger partial charge in [0.1, 0.15) is 0 Å². The fourth-order valence-corrected chi connectivity index (χ4v) is 3.11. The van der Waals surface area contributed by atoms with Crippen molar-refractivity contribution in [2.75, 3.05) is 19.3 Å². The molecular formula is C16H25N3OS. The molecule has 0 bridgehead atoms. The van der Waals surface area contributed by atoms with Gasteiger partial charge in [0.05, 0.1) is 6.04 Å². The molecule has 0 radical (unpaired) electrons. The van der Waals surface area contributed by atoms with Crippen LogP contribution in [0, 0.1) is 0 Å². The molecule has 1 heterocycles. The quantitative estimate of drug-likeness (QED) is 0.690. The summed E-state index contributed by atoms with van der Waals surface area (Å²) in [5.74, 6) is 0.646. The molecule has 1 fully saturated rings. The first kappa shape index (κ1) is 16.0. The van der Waals surface area contributed by atoms with Crippen molar-refractivity contribution in [3.8, 4) is 0 Å². The number of guanidine groups is 1.